The Kier molecular flexibility index (Phi) is 4.13. The van der Waals surface area contributed by atoms with Crippen molar-refractivity contribution in [1.82, 2.24) is 15.2 Å². The number of phenols is 1. The molecule has 3 fully saturated rings. The number of hydrogen-bond donors (Lipinski definition) is 4. The quantitative estimate of drug-likeness (QED) is 0.455. The molecular weight excluding hydrogens is 454 g/mol. The molecule has 0 radical (unpaired) electrons. The van der Waals surface area contributed by atoms with Crippen molar-refractivity contribution >= 4 is 16.8 Å². The van der Waals surface area contributed by atoms with Gasteiger partial charge in [-0.1, -0.05) is 24.3 Å². The lowest BCUT2D eigenvalue weighted by Gasteiger charge is -2.64. The summed E-state index contributed by atoms with van der Waals surface area (Å²) in [4.78, 5) is 19.1. The Labute approximate surface area is 209 Å². The van der Waals surface area contributed by atoms with Crippen LogP contribution >= 0.6 is 0 Å². The second-order valence-corrected chi connectivity index (χ2v) is 11.7. The predicted molar refractivity (Wildman–Crippen MR) is 134 cm³/mol. The molecule has 5 aliphatic rings. The molecule has 2 aromatic carbocycles. The van der Waals surface area contributed by atoms with E-state index in [1.54, 1.807) is 6.07 Å². The van der Waals surface area contributed by atoms with Crippen molar-refractivity contribution in [3.05, 3.63) is 59.3 Å². The molecule has 5 atom stereocenters. The number of likely N-dealkylation sites (tertiary alicyclic amines) is 1. The van der Waals surface area contributed by atoms with E-state index >= 15 is 0 Å². The number of H-pyrrole nitrogens is 1. The van der Waals surface area contributed by atoms with Gasteiger partial charge in [-0.2, -0.15) is 0 Å². The van der Waals surface area contributed by atoms with Gasteiger partial charge in [-0.05, 0) is 74.8 Å². The summed E-state index contributed by atoms with van der Waals surface area (Å²) in [6.45, 7) is 1.95. The number of carbonyl (C=O) groups excluding carboxylic acids is 1. The number of ether oxygens (including phenoxy) is 1. The number of phenolic OH excluding ortho intramolecular Hbond substituents is 1. The van der Waals surface area contributed by atoms with Crippen LogP contribution in [0.1, 0.15) is 53.7 Å². The van der Waals surface area contributed by atoms with E-state index in [1.165, 1.54) is 18.4 Å². The average Bonchev–Trinajstić information content (AvgIpc) is 3.45. The summed E-state index contributed by atoms with van der Waals surface area (Å²) in [5.74, 6) is 1.22. The Morgan fingerprint density at radius 3 is 2.86 bits per heavy atom. The van der Waals surface area contributed by atoms with Crippen LogP contribution in [-0.4, -0.2) is 62.9 Å². The average molecular weight is 486 g/mol. The number of benzene rings is 2. The molecule has 3 aromatic rings. The van der Waals surface area contributed by atoms with Crippen molar-refractivity contribution < 1.29 is 19.7 Å². The number of nitrogens with zero attached hydrogens (tertiary/aromatic N) is 1. The van der Waals surface area contributed by atoms with E-state index in [2.05, 4.69) is 15.2 Å². The molecule has 3 heterocycles. The number of aromatic nitrogens is 1. The van der Waals surface area contributed by atoms with E-state index in [4.69, 9.17) is 4.74 Å². The van der Waals surface area contributed by atoms with Crippen LogP contribution in [0.25, 0.3) is 10.9 Å². The summed E-state index contributed by atoms with van der Waals surface area (Å²) in [7, 11) is 0. The molecule has 4 N–H and O–H groups in total. The van der Waals surface area contributed by atoms with Crippen LogP contribution in [0.2, 0.25) is 0 Å². The van der Waals surface area contributed by atoms with Gasteiger partial charge < -0.3 is 25.3 Å². The minimum absolute atomic E-state index is 0.0336. The van der Waals surface area contributed by atoms with Gasteiger partial charge in [0.2, 0.25) is 0 Å². The van der Waals surface area contributed by atoms with Crippen LogP contribution in [0.3, 0.4) is 0 Å². The van der Waals surface area contributed by atoms with E-state index in [1.807, 2.05) is 36.4 Å². The summed E-state index contributed by atoms with van der Waals surface area (Å²) in [5.41, 5.74) is 2.03. The van der Waals surface area contributed by atoms with Gasteiger partial charge in [-0.25, -0.2) is 0 Å². The van der Waals surface area contributed by atoms with Crippen molar-refractivity contribution in [3.8, 4) is 11.5 Å². The number of piperidine rings is 1. The molecule has 1 amide bonds. The summed E-state index contributed by atoms with van der Waals surface area (Å²) < 4.78 is 6.56. The summed E-state index contributed by atoms with van der Waals surface area (Å²) in [6.07, 6.45) is 4.93. The Balaban J connectivity index is 1.18. The third-order valence-electron chi connectivity index (χ3n) is 9.85. The van der Waals surface area contributed by atoms with Gasteiger partial charge in [0, 0.05) is 29.1 Å². The second kappa shape index (κ2) is 7.05. The van der Waals surface area contributed by atoms with E-state index in [0.29, 0.717) is 24.3 Å². The fourth-order valence-electron chi connectivity index (χ4n) is 8.07. The first-order valence-corrected chi connectivity index (χ1v) is 13.3. The van der Waals surface area contributed by atoms with E-state index in [9.17, 15) is 15.0 Å². The summed E-state index contributed by atoms with van der Waals surface area (Å²) >= 11 is 0. The number of aromatic amines is 1. The lowest BCUT2D eigenvalue weighted by Crippen LogP contribution is -2.78. The minimum Gasteiger partial charge on any atom is -0.504 e. The van der Waals surface area contributed by atoms with Gasteiger partial charge in [-0.3, -0.25) is 9.69 Å². The van der Waals surface area contributed by atoms with Crippen molar-refractivity contribution in [2.24, 2.45) is 5.92 Å². The standard InChI is InChI=1S/C29H31N3O4/c33-22-8-7-18-14-23-29(35)10-9-20(31-27(34)21-13-17-3-1-2-4-19(17)30-21)26-28(29,24(18)25(22)36-26)11-12-32(23)15-16-5-6-16/h1-4,7-8,13,16,20,23,26,30,33,35H,5-6,9-12,14-15H2,(H,31,34)/t20-,23+,26-,28-,29+/m0/s1. The lowest BCUT2D eigenvalue weighted by atomic mass is 9.48. The first-order chi connectivity index (χ1) is 17.5. The molecule has 1 saturated heterocycles. The number of aliphatic hydroxyl groups is 1. The Morgan fingerprint density at radius 1 is 1.17 bits per heavy atom. The van der Waals surface area contributed by atoms with E-state index in [-0.39, 0.29) is 23.7 Å². The van der Waals surface area contributed by atoms with Crippen LogP contribution in [-0.2, 0) is 11.8 Å². The number of fused-ring (bicyclic) bond motifs is 1. The lowest BCUT2D eigenvalue weighted by molar-refractivity contribution is -0.191. The van der Waals surface area contributed by atoms with Gasteiger partial charge >= 0.3 is 0 Å². The van der Waals surface area contributed by atoms with Gasteiger partial charge in [0.25, 0.3) is 5.91 Å². The second-order valence-electron chi connectivity index (χ2n) is 11.7. The highest BCUT2D eigenvalue weighted by Gasteiger charge is 2.73. The predicted octanol–water partition coefficient (Wildman–Crippen LogP) is 3.24. The molecule has 7 nitrogen and oxygen atoms in total. The van der Waals surface area contributed by atoms with Crippen LogP contribution in [0, 0.1) is 5.92 Å². The molecule has 7 heteroatoms. The van der Waals surface area contributed by atoms with Gasteiger partial charge in [0.1, 0.15) is 11.8 Å². The van der Waals surface area contributed by atoms with Crippen LogP contribution < -0.4 is 10.1 Å². The Morgan fingerprint density at radius 2 is 2.03 bits per heavy atom. The molecule has 0 unspecified atom stereocenters. The first-order valence-electron chi connectivity index (χ1n) is 13.3. The molecule has 2 aliphatic heterocycles. The van der Waals surface area contributed by atoms with E-state index < -0.39 is 17.1 Å². The Hall–Kier alpha value is -3.03. The molecule has 1 spiro atoms. The molecule has 186 valence electrons. The monoisotopic (exact) mass is 485 g/mol. The minimum atomic E-state index is -0.945. The molecule has 8 rings (SSSR count). The highest BCUT2D eigenvalue weighted by atomic mass is 16.5. The molecule has 36 heavy (non-hydrogen) atoms. The number of rotatable bonds is 4. The van der Waals surface area contributed by atoms with Crippen molar-refractivity contribution in [1.29, 1.82) is 0 Å². The third-order valence-corrected chi connectivity index (χ3v) is 9.85. The molecular formula is C29H31N3O4. The van der Waals surface area contributed by atoms with E-state index in [0.717, 1.165) is 48.3 Å². The van der Waals surface area contributed by atoms with Gasteiger partial charge in [0.15, 0.2) is 11.5 Å². The topological polar surface area (TPSA) is 97.8 Å². The SMILES string of the molecule is O=C(N[C@H]1CC[C@@]2(O)[C@H]3Cc4ccc(O)c5c4[C@@]2(CCN3CC2CC2)[C@H]1O5)c1cc2ccccc2[nH]1. The Bertz CT molecular complexity index is 1380. The van der Waals surface area contributed by atoms with Crippen LogP contribution in [0.5, 0.6) is 11.5 Å². The highest BCUT2D eigenvalue weighted by molar-refractivity contribution is 5.98. The fourth-order valence-corrected chi connectivity index (χ4v) is 8.07. The van der Waals surface area contributed by atoms with Crippen LogP contribution in [0.4, 0.5) is 0 Å². The maximum absolute atomic E-state index is 13.4. The zero-order chi connectivity index (χ0) is 24.2. The van der Waals surface area contributed by atoms with Crippen molar-refractivity contribution in [2.75, 3.05) is 13.1 Å². The third kappa shape index (κ3) is 2.62. The zero-order valence-electron chi connectivity index (χ0n) is 20.2. The first kappa shape index (κ1) is 21.1. The largest absolute Gasteiger partial charge is 0.504 e. The summed E-state index contributed by atoms with van der Waals surface area (Å²) in [5, 5.41) is 27.6. The van der Waals surface area contributed by atoms with Crippen LogP contribution in [0.15, 0.2) is 42.5 Å². The fraction of sp³-hybridized carbons (Fsp3) is 0.483. The number of nitrogens with one attached hydrogen (secondary N) is 2. The molecule has 1 aromatic heterocycles. The number of carbonyl (C=O) groups is 1. The zero-order valence-corrected chi connectivity index (χ0v) is 20.2. The smallest absolute Gasteiger partial charge is 0.268 e. The highest BCUT2D eigenvalue weighted by Crippen LogP contribution is 2.65. The van der Waals surface area contributed by atoms with Gasteiger partial charge in [0.05, 0.1) is 17.1 Å². The molecule has 2 bridgehead atoms. The number of amides is 1. The normalized spacial score (nSPS) is 34.3. The number of aromatic hydroxyl groups is 1. The maximum Gasteiger partial charge on any atom is 0.268 e. The number of para-hydroxylation sites is 1. The summed E-state index contributed by atoms with van der Waals surface area (Å²) in [6, 6.07) is 13.2. The van der Waals surface area contributed by atoms with Gasteiger partial charge in [-0.15, -0.1) is 0 Å². The number of hydrogen-bond acceptors (Lipinski definition) is 5. The van der Waals surface area contributed by atoms with Crippen molar-refractivity contribution in [2.45, 2.75) is 67.7 Å². The maximum atomic E-state index is 13.4. The molecule has 2 saturated carbocycles. The molecule has 3 aliphatic carbocycles. The van der Waals surface area contributed by atoms with Crippen molar-refractivity contribution in [3.63, 3.8) is 0 Å².